The molecule has 0 aromatic heterocycles. The van der Waals surface area contributed by atoms with Gasteiger partial charge < -0.3 is 4.74 Å². The number of benzene rings is 1. The van der Waals surface area contributed by atoms with Crippen molar-refractivity contribution in [3.05, 3.63) is 63.2 Å². The van der Waals surface area contributed by atoms with E-state index in [1.54, 1.807) is 6.92 Å². The van der Waals surface area contributed by atoms with Gasteiger partial charge in [-0.1, -0.05) is 67.9 Å². The summed E-state index contributed by atoms with van der Waals surface area (Å²) in [7, 11) is 0. The average Bonchev–Trinajstić information content (AvgIpc) is 2.63. The molecule has 0 atom stereocenters. The lowest BCUT2D eigenvalue weighted by Gasteiger charge is -2.42. The third-order valence-electron chi connectivity index (χ3n) is 5.77. The van der Waals surface area contributed by atoms with Crippen molar-refractivity contribution >= 4 is 27.5 Å². The number of rotatable bonds is 5. The fourth-order valence-corrected chi connectivity index (χ4v) is 4.07. The smallest absolute Gasteiger partial charge is 0.330 e. The Morgan fingerprint density at radius 2 is 1.68 bits per heavy atom. The highest BCUT2D eigenvalue weighted by molar-refractivity contribution is 9.12. The van der Waals surface area contributed by atoms with Crippen LogP contribution in [-0.2, 0) is 20.4 Å². The molecule has 0 fully saturated rings. The summed E-state index contributed by atoms with van der Waals surface area (Å²) in [5.41, 5.74) is 6.63. The average molecular weight is 445 g/mol. The van der Waals surface area contributed by atoms with E-state index in [0.29, 0.717) is 6.61 Å². The maximum Gasteiger partial charge on any atom is 0.330 e. The van der Waals surface area contributed by atoms with E-state index in [4.69, 9.17) is 4.74 Å². The van der Waals surface area contributed by atoms with E-state index >= 15 is 0 Å². The molecule has 2 rings (SSSR count). The first-order chi connectivity index (χ1) is 13.0. The molecule has 1 aromatic carbocycles. The van der Waals surface area contributed by atoms with Crippen LogP contribution in [0.4, 0.5) is 0 Å². The van der Waals surface area contributed by atoms with Crippen molar-refractivity contribution < 1.29 is 9.53 Å². The number of carbonyl (C=O) groups excluding carboxylic acids is 1. The molecule has 152 valence electrons. The predicted molar refractivity (Wildman–Crippen MR) is 123 cm³/mol. The monoisotopic (exact) mass is 444 g/mol. The summed E-state index contributed by atoms with van der Waals surface area (Å²) >= 11 is 3.70. The fraction of sp³-hybridized carbons (Fsp3) is 0.480. The quantitative estimate of drug-likeness (QED) is 0.272. The van der Waals surface area contributed by atoms with Gasteiger partial charge in [0.1, 0.15) is 0 Å². The van der Waals surface area contributed by atoms with Gasteiger partial charge in [-0.15, -0.1) is 0 Å². The first kappa shape index (κ1) is 22.7. The van der Waals surface area contributed by atoms with E-state index in [1.165, 1.54) is 41.2 Å². The number of fused-ring (bicyclic) bond motifs is 1. The third kappa shape index (κ3) is 5.26. The molecule has 0 radical (unpaired) electrons. The van der Waals surface area contributed by atoms with E-state index in [2.05, 4.69) is 68.7 Å². The largest absolute Gasteiger partial charge is 0.463 e. The highest BCUT2D eigenvalue weighted by Gasteiger charge is 2.36. The fourth-order valence-electron chi connectivity index (χ4n) is 3.71. The Balaban J connectivity index is 2.34. The van der Waals surface area contributed by atoms with Crippen LogP contribution in [0.3, 0.4) is 0 Å². The van der Waals surface area contributed by atoms with E-state index in [0.717, 1.165) is 10.1 Å². The summed E-state index contributed by atoms with van der Waals surface area (Å²) in [6, 6.07) is 6.90. The van der Waals surface area contributed by atoms with Crippen LogP contribution in [0.15, 0.2) is 46.5 Å². The van der Waals surface area contributed by atoms with Gasteiger partial charge in [0.2, 0.25) is 0 Å². The van der Waals surface area contributed by atoms with E-state index < -0.39 is 0 Å². The second kappa shape index (κ2) is 8.82. The molecule has 3 heteroatoms. The van der Waals surface area contributed by atoms with Gasteiger partial charge in [0.15, 0.2) is 0 Å². The summed E-state index contributed by atoms with van der Waals surface area (Å²) in [4.78, 5) is 11.5. The minimum absolute atomic E-state index is 0.197. The van der Waals surface area contributed by atoms with Crippen LogP contribution in [-0.4, -0.2) is 12.6 Å². The normalized spacial score (nSPS) is 19.2. The van der Waals surface area contributed by atoms with Gasteiger partial charge in [0.05, 0.1) is 6.61 Å². The summed E-state index contributed by atoms with van der Waals surface area (Å²) in [6.07, 6.45) is 7.86. The molecule has 1 aromatic rings. The van der Waals surface area contributed by atoms with Crippen LogP contribution in [0.5, 0.6) is 0 Å². The number of hydrogen-bond donors (Lipinski definition) is 0. The first-order valence-electron chi connectivity index (χ1n) is 10.0. The molecule has 28 heavy (non-hydrogen) atoms. The van der Waals surface area contributed by atoms with Gasteiger partial charge in [-0.05, 0) is 78.4 Å². The lowest BCUT2D eigenvalue weighted by Crippen LogP contribution is -2.33. The van der Waals surface area contributed by atoms with E-state index in [9.17, 15) is 4.79 Å². The standard InChI is InChI=1S/C25H33BrO2/c1-8-28-23(27)15-17(2)9-12-22(26)18(3)19-10-11-20-21(16-19)25(6,7)14-13-24(20,4)5/h9-12,15-16H,8,13-14H2,1-7H3/b12-9+,17-15+,22-18+. The number of hydrogen-bond acceptors (Lipinski definition) is 2. The second-order valence-corrected chi connectivity index (χ2v) is 9.83. The molecule has 0 spiro atoms. The van der Waals surface area contributed by atoms with E-state index in [-0.39, 0.29) is 16.8 Å². The van der Waals surface area contributed by atoms with Crippen molar-refractivity contribution in [1.82, 2.24) is 0 Å². The maximum atomic E-state index is 11.5. The number of allylic oxidation sites excluding steroid dienone is 5. The zero-order valence-electron chi connectivity index (χ0n) is 18.3. The zero-order valence-corrected chi connectivity index (χ0v) is 19.9. The minimum Gasteiger partial charge on any atom is -0.463 e. The van der Waals surface area contributed by atoms with Crippen molar-refractivity contribution in [3.8, 4) is 0 Å². The van der Waals surface area contributed by atoms with Gasteiger partial charge in [-0.2, -0.15) is 0 Å². The van der Waals surface area contributed by atoms with Crippen LogP contribution in [0, 0.1) is 0 Å². The number of carbonyl (C=O) groups is 1. The molecule has 2 nitrogen and oxygen atoms in total. The molecule has 0 amide bonds. The molecule has 0 heterocycles. The van der Waals surface area contributed by atoms with Crippen molar-refractivity contribution in [2.45, 2.75) is 72.1 Å². The number of halogens is 1. The molecule has 0 saturated heterocycles. The lowest BCUT2D eigenvalue weighted by molar-refractivity contribution is -0.137. The van der Waals surface area contributed by atoms with Crippen LogP contribution in [0.2, 0.25) is 0 Å². The van der Waals surface area contributed by atoms with E-state index in [1.807, 2.05) is 19.1 Å². The Labute approximate surface area is 178 Å². The van der Waals surface area contributed by atoms with Crippen molar-refractivity contribution in [1.29, 1.82) is 0 Å². The van der Waals surface area contributed by atoms with Crippen LogP contribution in [0.1, 0.15) is 78.0 Å². The number of esters is 1. The summed E-state index contributed by atoms with van der Waals surface area (Å²) in [6.45, 7) is 15.6. The Morgan fingerprint density at radius 1 is 1.07 bits per heavy atom. The molecule has 0 unspecified atom stereocenters. The molecule has 0 saturated carbocycles. The maximum absolute atomic E-state index is 11.5. The highest BCUT2D eigenvalue weighted by atomic mass is 79.9. The third-order valence-corrected chi connectivity index (χ3v) is 6.63. The molecule has 0 aliphatic heterocycles. The Bertz CT molecular complexity index is 838. The molecule has 0 N–H and O–H groups in total. The van der Waals surface area contributed by atoms with Crippen molar-refractivity contribution in [2.24, 2.45) is 0 Å². The van der Waals surface area contributed by atoms with Crippen molar-refractivity contribution in [2.75, 3.05) is 6.61 Å². The van der Waals surface area contributed by atoms with Crippen LogP contribution >= 0.6 is 15.9 Å². The molecular weight excluding hydrogens is 412 g/mol. The molecule has 1 aliphatic carbocycles. The molecule has 1 aliphatic rings. The summed E-state index contributed by atoms with van der Waals surface area (Å²) < 4.78 is 5.96. The zero-order chi connectivity index (χ0) is 21.1. The Morgan fingerprint density at radius 3 is 2.29 bits per heavy atom. The van der Waals surface area contributed by atoms with Crippen LogP contribution in [0.25, 0.3) is 5.57 Å². The van der Waals surface area contributed by atoms with Crippen molar-refractivity contribution in [3.63, 3.8) is 0 Å². The first-order valence-corrected chi connectivity index (χ1v) is 10.8. The minimum atomic E-state index is -0.305. The van der Waals surface area contributed by atoms with Gasteiger partial charge in [0.25, 0.3) is 0 Å². The Kier molecular flexibility index (Phi) is 7.14. The lowest BCUT2D eigenvalue weighted by atomic mass is 9.63. The highest BCUT2D eigenvalue weighted by Crippen LogP contribution is 2.46. The molecular formula is C25H33BrO2. The van der Waals surface area contributed by atoms with Gasteiger partial charge in [-0.3, -0.25) is 0 Å². The topological polar surface area (TPSA) is 26.3 Å². The summed E-state index contributed by atoms with van der Waals surface area (Å²) in [5, 5.41) is 0. The molecule has 0 bridgehead atoms. The van der Waals surface area contributed by atoms with Gasteiger partial charge in [0, 0.05) is 10.6 Å². The van der Waals surface area contributed by atoms with Gasteiger partial charge >= 0.3 is 5.97 Å². The number of ether oxygens (including phenoxy) is 1. The van der Waals surface area contributed by atoms with Gasteiger partial charge in [-0.25, -0.2) is 4.79 Å². The Hall–Kier alpha value is -1.61. The van der Waals surface area contributed by atoms with Crippen LogP contribution < -0.4 is 0 Å². The second-order valence-electron chi connectivity index (χ2n) is 8.97. The summed E-state index contributed by atoms with van der Waals surface area (Å²) in [5.74, 6) is -0.305. The predicted octanol–water partition coefficient (Wildman–Crippen LogP) is 7.23. The SMILES string of the molecule is CCOC(=O)/C=C(C)/C=C/C(Br)=C(/C)c1ccc2c(c1)C(C)(C)CCC2(C)C.